The lowest BCUT2D eigenvalue weighted by atomic mass is 10.0. The molecule has 16 heavy (non-hydrogen) atoms. The highest BCUT2D eigenvalue weighted by atomic mass is 35.5. The maximum absolute atomic E-state index is 13.1. The van der Waals surface area contributed by atoms with Gasteiger partial charge in [-0.2, -0.15) is 0 Å². The first-order chi connectivity index (χ1) is 7.15. The van der Waals surface area contributed by atoms with Crippen LogP contribution in [0.5, 0.6) is 0 Å². The number of unbranched alkanes of at least 4 members (excludes halogenated alkanes) is 2. The Labute approximate surface area is 108 Å². The second kappa shape index (κ2) is 7.88. The highest BCUT2D eigenvalue weighted by Crippen LogP contribution is 2.22. The van der Waals surface area contributed by atoms with Crippen molar-refractivity contribution in [3.05, 3.63) is 34.6 Å². The minimum atomic E-state index is -0.389. The maximum atomic E-state index is 13.1. The van der Waals surface area contributed by atoms with Crippen LogP contribution in [0.15, 0.2) is 18.2 Å². The van der Waals surface area contributed by atoms with Gasteiger partial charge in [-0.3, -0.25) is 0 Å². The van der Waals surface area contributed by atoms with E-state index in [-0.39, 0.29) is 29.3 Å². The number of nitrogens with two attached hydrogens (primary N) is 1. The van der Waals surface area contributed by atoms with E-state index in [9.17, 15) is 4.39 Å². The van der Waals surface area contributed by atoms with E-state index in [0.717, 1.165) is 18.4 Å². The third kappa shape index (κ3) is 4.69. The standard InChI is InChI=1S/C12H17ClFN.ClH/c1-2-3-4-5-12(15)9-6-7-10(13)11(14)8-9;/h6-8,12H,2-5,15H2,1H3;1H/t12-;/m1./s1. The van der Waals surface area contributed by atoms with Crippen molar-refractivity contribution in [1.29, 1.82) is 0 Å². The Kier molecular flexibility index (Phi) is 7.73. The van der Waals surface area contributed by atoms with Gasteiger partial charge in [0.25, 0.3) is 0 Å². The minimum absolute atomic E-state index is 0. The summed E-state index contributed by atoms with van der Waals surface area (Å²) in [5, 5.41) is 0.152. The number of benzene rings is 1. The topological polar surface area (TPSA) is 26.0 Å². The molecule has 4 heteroatoms. The Morgan fingerprint density at radius 1 is 1.38 bits per heavy atom. The zero-order valence-corrected chi connectivity index (χ0v) is 11.0. The fraction of sp³-hybridized carbons (Fsp3) is 0.500. The summed E-state index contributed by atoms with van der Waals surface area (Å²) in [6, 6.07) is 4.70. The maximum Gasteiger partial charge on any atom is 0.142 e. The van der Waals surface area contributed by atoms with Gasteiger partial charge < -0.3 is 5.73 Å². The highest BCUT2D eigenvalue weighted by Gasteiger charge is 2.08. The molecular weight excluding hydrogens is 248 g/mol. The van der Waals surface area contributed by atoms with Crippen LogP contribution in [0.4, 0.5) is 4.39 Å². The molecule has 0 aromatic heterocycles. The average Bonchev–Trinajstić information content (AvgIpc) is 2.22. The molecule has 0 aliphatic rings. The Bertz CT molecular complexity index is 318. The molecule has 0 aliphatic heterocycles. The van der Waals surface area contributed by atoms with E-state index in [2.05, 4.69) is 6.92 Å². The van der Waals surface area contributed by atoms with Crippen LogP contribution in [-0.4, -0.2) is 0 Å². The summed E-state index contributed by atoms with van der Waals surface area (Å²) in [5.74, 6) is -0.389. The third-order valence-electron chi connectivity index (χ3n) is 2.49. The molecule has 0 fully saturated rings. The summed E-state index contributed by atoms with van der Waals surface area (Å²) in [4.78, 5) is 0. The van der Waals surface area contributed by atoms with Crippen LogP contribution in [-0.2, 0) is 0 Å². The van der Waals surface area contributed by atoms with Gasteiger partial charge in [0.05, 0.1) is 5.02 Å². The van der Waals surface area contributed by atoms with Gasteiger partial charge in [-0.25, -0.2) is 4.39 Å². The van der Waals surface area contributed by atoms with Gasteiger partial charge in [0.2, 0.25) is 0 Å². The number of halogens is 3. The van der Waals surface area contributed by atoms with E-state index in [4.69, 9.17) is 17.3 Å². The fourth-order valence-electron chi connectivity index (χ4n) is 1.52. The Morgan fingerprint density at radius 2 is 2.06 bits per heavy atom. The average molecular weight is 266 g/mol. The van der Waals surface area contributed by atoms with Crippen LogP contribution in [0.25, 0.3) is 0 Å². The second-order valence-corrected chi connectivity index (χ2v) is 4.18. The minimum Gasteiger partial charge on any atom is -0.324 e. The molecule has 0 unspecified atom stereocenters. The molecule has 0 aliphatic carbocycles. The summed E-state index contributed by atoms with van der Waals surface area (Å²) >= 11 is 5.60. The lowest BCUT2D eigenvalue weighted by Crippen LogP contribution is -2.10. The van der Waals surface area contributed by atoms with Crippen LogP contribution in [0, 0.1) is 5.82 Å². The van der Waals surface area contributed by atoms with Gasteiger partial charge in [-0.15, -0.1) is 12.4 Å². The molecule has 2 N–H and O–H groups in total. The van der Waals surface area contributed by atoms with Gasteiger partial charge in [0.1, 0.15) is 5.82 Å². The van der Waals surface area contributed by atoms with Crippen LogP contribution in [0.1, 0.15) is 44.2 Å². The van der Waals surface area contributed by atoms with Crippen molar-refractivity contribution in [1.82, 2.24) is 0 Å². The van der Waals surface area contributed by atoms with Crippen LogP contribution in [0.2, 0.25) is 5.02 Å². The molecular formula is C12H18Cl2FN. The van der Waals surface area contributed by atoms with Gasteiger partial charge in [0.15, 0.2) is 0 Å². The summed E-state index contributed by atoms with van der Waals surface area (Å²) in [6.45, 7) is 2.15. The van der Waals surface area contributed by atoms with Crippen molar-refractivity contribution >= 4 is 24.0 Å². The fourth-order valence-corrected chi connectivity index (χ4v) is 1.64. The zero-order valence-electron chi connectivity index (χ0n) is 9.38. The van der Waals surface area contributed by atoms with Crippen molar-refractivity contribution in [3.8, 4) is 0 Å². The lowest BCUT2D eigenvalue weighted by molar-refractivity contribution is 0.572. The predicted molar refractivity (Wildman–Crippen MR) is 69.7 cm³/mol. The van der Waals surface area contributed by atoms with Gasteiger partial charge in [-0.05, 0) is 24.1 Å². The van der Waals surface area contributed by atoms with Crippen LogP contribution >= 0.6 is 24.0 Å². The number of hydrogen-bond acceptors (Lipinski definition) is 1. The molecule has 92 valence electrons. The first kappa shape index (κ1) is 15.7. The molecule has 1 rings (SSSR count). The van der Waals surface area contributed by atoms with Crippen molar-refractivity contribution in [2.45, 2.75) is 38.6 Å². The van der Waals surface area contributed by atoms with Gasteiger partial charge >= 0.3 is 0 Å². The Morgan fingerprint density at radius 3 is 2.62 bits per heavy atom. The van der Waals surface area contributed by atoms with Crippen molar-refractivity contribution < 1.29 is 4.39 Å². The molecule has 1 nitrogen and oxygen atoms in total. The molecule has 0 saturated heterocycles. The van der Waals surface area contributed by atoms with Crippen molar-refractivity contribution in [2.24, 2.45) is 5.73 Å². The van der Waals surface area contributed by atoms with E-state index in [0.29, 0.717) is 0 Å². The van der Waals surface area contributed by atoms with Crippen molar-refractivity contribution in [3.63, 3.8) is 0 Å². The number of hydrogen-bond donors (Lipinski definition) is 1. The predicted octanol–water partition coefficient (Wildman–Crippen LogP) is 4.48. The Hall–Kier alpha value is -0.310. The van der Waals surface area contributed by atoms with E-state index in [1.165, 1.54) is 18.9 Å². The van der Waals surface area contributed by atoms with E-state index >= 15 is 0 Å². The normalized spacial score (nSPS) is 12.0. The molecule has 0 radical (unpaired) electrons. The second-order valence-electron chi connectivity index (χ2n) is 3.78. The van der Waals surface area contributed by atoms with Crippen LogP contribution in [0.3, 0.4) is 0 Å². The highest BCUT2D eigenvalue weighted by molar-refractivity contribution is 6.30. The molecule has 0 bridgehead atoms. The summed E-state index contributed by atoms with van der Waals surface area (Å²) < 4.78 is 13.1. The monoisotopic (exact) mass is 265 g/mol. The molecule has 1 atom stereocenters. The van der Waals surface area contributed by atoms with E-state index in [1.54, 1.807) is 12.1 Å². The first-order valence-electron chi connectivity index (χ1n) is 5.35. The molecule has 0 heterocycles. The third-order valence-corrected chi connectivity index (χ3v) is 2.80. The zero-order chi connectivity index (χ0) is 11.3. The van der Waals surface area contributed by atoms with Crippen molar-refractivity contribution in [2.75, 3.05) is 0 Å². The van der Waals surface area contributed by atoms with E-state index < -0.39 is 0 Å². The molecule has 0 spiro atoms. The first-order valence-corrected chi connectivity index (χ1v) is 5.73. The summed E-state index contributed by atoms with van der Waals surface area (Å²) in [5.41, 5.74) is 6.77. The van der Waals surface area contributed by atoms with Gasteiger partial charge in [-0.1, -0.05) is 43.9 Å². The molecule has 0 saturated carbocycles. The molecule has 0 amide bonds. The molecule has 1 aromatic rings. The van der Waals surface area contributed by atoms with Crippen LogP contribution < -0.4 is 5.73 Å². The lowest BCUT2D eigenvalue weighted by Gasteiger charge is -2.11. The Balaban J connectivity index is 0.00000225. The SMILES string of the molecule is CCCCC[C@@H](N)c1ccc(Cl)c(F)c1.Cl. The largest absolute Gasteiger partial charge is 0.324 e. The smallest absolute Gasteiger partial charge is 0.142 e. The summed E-state index contributed by atoms with van der Waals surface area (Å²) in [7, 11) is 0. The van der Waals surface area contributed by atoms with Gasteiger partial charge in [0, 0.05) is 6.04 Å². The quantitative estimate of drug-likeness (QED) is 0.781. The van der Waals surface area contributed by atoms with E-state index in [1.807, 2.05) is 0 Å². The summed E-state index contributed by atoms with van der Waals surface area (Å²) in [6.07, 6.45) is 4.32. The number of rotatable bonds is 5. The molecule has 1 aromatic carbocycles.